The smallest absolute Gasteiger partial charge is 0.318 e. The third-order valence-electron chi connectivity index (χ3n) is 4.22. The van der Waals surface area contributed by atoms with Gasteiger partial charge in [-0.25, -0.2) is 0 Å². The predicted octanol–water partition coefficient (Wildman–Crippen LogP) is 2.19. The molecule has 2 atom stereocenters. The Hall–Kier alpha value is -1.10. The van der Waals surface area contributed by atoms with Crippen molar-refractivity contribution >= 4 is 6.01 Å². The molecule has 0 radical (unpaired) electrons. The zero-order valence-corrected chi connectivity index (χ0v) is 12.1. The SMILES string of the molecule is CC(C)(C)NCc1nnc(N2CC3CCCC3C2)o1. The van der Waals surface area contributed by atoms with E-state index in [0.29, 0.717) is 18.5 Å². The second kappa shape index (κ2) is 4.78. The zero-order chi connectivity index (χ0) is 13.5. The first-order valence-corrected chi connectivity index (χ1v) is 7.33. The van der Waals surface area contributed by atoms with Crippen molar-refractivity contribution in [2.45, 2.75) is 52.1 Å². The minimum Gasteiger partial charge on any atom is -0.407 e. The number of aromatic nitrogens is 2. The first kappa shape index (κ1) is 12.9. The highest BCUT2D eigenvalue weighted by Crippen LogP contribution is 2.39. The van der Waals surface area contributed by atoms with Crippen LogP contribution in [0.25, 0.3) is 0 Å². The van der Waals surface area contributed by atoms with Crippen LogP contribution in [0.2, 0.25) is 0 Å². The summed E-state index contributed by atoms with van der Waals surface area (Å²) in [5.74, 6) is 2.38. The molecule has 0 amide bonds. The molecule has 5 nitrogen and oxygen atoms in total. The van der Waals surface area contributed by atoms with Crippen LogP contribution in [0.15, 0.2) is 4.42 Å². The monoisotopic (exact) mass is 264 g/mol. The maximum atomic E-state index is 5.77. The predicted molar refractivity (Wildman–Crippen MR) is 73.9 cm³/mol. The van der Waals surface area contributed by atoms with Crippen LogP contribution in [-0.2, 0) is 6.54 Å². The van der Waals surface area contributed by atoms with Gasteiger partial charge in [-0.1, -0.05) is 11.5 Å². The number of fused-ring (bicyclic) bond motifs is 1. The highest BCUT2D eigenvalue weighted by Gasteiger charge is 2.37. The van der Waals surface area contributed by atoms with E-state index < -0.39 is 0 Å². The Kier molecular flexibility index (Phi) is 3.25. The van der Waals surface area contributed by atoms with Crippen LogP contribution in [0.3, 0.4) is 0 Å². The van der Waals surface area contributed by atoms with Crippen LogP contribution in [-0.4, -0.2) is 28.8 Å². The Morgan fingerprint density at radius 1 is 1.21 bits per heavy atom. The van der Waals surface area contributed by atoms with E-state index in [2.05, 4.69) is 41.2 Å². The van der Waals surface area contributed by atoms with Crippen LogP contribution in [0, 0.1) is 11.8 Å². The van der Waals surface area contributed by atoms with Crippen molar-refractivity contribution in [1.29, 1.82) is 0 Å². The fourth-order valence-electron chi connectivity index (χ4n) is 3.18. The lowest BCUT2D eigenvalue weighted by Crippen LogP contribution is -2.35. The van der Waals surface area contributed by atoms with Crippen LogP contribution in [0.1, 0.15) is 45.9 Å². The van der Waals surface area contributed by atoms with Crippen molar-refractivity contribution in [1.82, 2.24) is 15.5 Å². The first-order valence-electron chi connectivity index (χ1n) is 7.33. The summed E-state index contributed by atoms with van der Waals surface area (Å²) in [6, 6.07) is 0.708. The summed E-state index contributed by atoms with van der Waals surface area (Å²) in [7, 11) is 0. The molecule has 1 aliphatic carbocycles. The summed E-state index contributed by atoms with van der Waals surface area (Å²) in [5, 5.41) is 11.7. The van der Waals surface area contributed by atoms with Gasteiger partial charge in [0.2, 0.25) is 5.89 Å². The number of rotatable bonds is 3. The molecular formula is C14H24N4O. The van der Waals surface area contributed by atoms with Crippen LogP contribution < -0.4 is 10.2 Å². The van der Waals surface area contributed by atoms with Gasteiger partial charge in [0.25, 0.3) is 0 Å². The van der Waals surface area contributed by atoms with Crippen molar-refractivity contribution in [3.05, 3.63) is 5.89 Å². The quantitative estimate of drug-likeness (QED) is 0.907. The third kappa shape index (κ3) is 2.91. The minimum absolute atomic E-state index is 0.0688. The highest BCUT2D eigenvalue weighted by molar-refractivity contribution is 5.28. The second-order valence-electron chi connectivity index (χ2n) is 6.94. The lowest BCUT2D eigenvalue weighted by molar-refractivity contribution is 0.381. The molecule has 3 rings (SSSR count). The third-order valence-corrected chi connectivity index (χ3v) is 4.22. The second-order valence-corrected chi connectivity index (χ2v) is 6.94. The maximum absolute atomic E-state index is 5.77. The molecule has 19 heavy (non-hydrogen) atoms. The molecule has 1 saturated heterocycles. The van der Waals surface area contributed by atoms with E-state index in [9.17, 15) is 0 Å². The molecule has 5 heteroatoms. The summed E-state index contributed by atoms with van der Waals surface area (Å²) in [6.45, 7) is 9.22. The molecule has 0 spiro atoms. The molecule has 1 saturated carbocycles. The molecule has 2 heterocycles. The van der Waals surface area contributed by atoms with E-state index in [-0.39, 0.29) is 5.54 Å². The molecule has 2 aliphatic rings. The molecule has 1 aromatic heterocycles. The number of hydrogen-bond acceptors (Lipinski definition) is 5. The summed E-state index contributed by atoms with van der Waals surface area (Å²) in [5.41, 5.74) is 0.0688. The molecule has 1 N–H and O–H groups in total. The van der Waals surface area contributed by atoms with Crippen molar-refractivity contribution in [2.75, 3.05) is 18.0 Å². The Balaban J connectivity index is 1.59. The van der Waals surface area contributed by atoms with Crippen molar-refractivity contribution in [2.24, 2.45) is 11.8 Å². The standard InChI is InChI=1S/C14H24N4O/c1-14(2,3)15-7-12-16-17-13(19-12)18-8-10-5-4-6-11(10)9-18/h10-11,15H,4-9H2,1-3H3. The van der Waals surface area contributed by atoms with E-state index in [4.69, 9.17) is 4.42 Å². The van der Waals surface area contributed by atoms with Crippen molar-refractivity contribution in [3.63, 3.8) is 0 Å². The Labute approximate surface area is 114 Å². The highest BCUT2D eigenvalue weighted by atomic mass is 16.4. The number of hydrogen-bond donors (Lipinski definition) is 1. The van der Waals surface area contributed by atoms with Crippen molar-refractivity contribution < 1.29 is 4.42 Å². The number of nitrogens with one attached hydrogen (secondary N) is 1. The molecule has 106 valence electrons. The average Bonchev–Trinajstić information content (AvgIpc) is 2.99. The molecule has 1 aliphatic heterocycles. The normalized spacial score (nSPS) is 27.0. The summed E-state index contributed by atoms with van der Waals surface area (Å²) < 4.78 is 5.77. The van der Waals surface area contributed by atoms with E-state index in [1.54, 1.807) is 0 Å². The lowest BCUT2D eigenvalue weighted by atomic mass is 10.0. The molecule has 2 unspecified atom stereocenters. The van der Waals surface area contributed by atoms with E-state index in [1.165, 1.54) is 19.3 Å². The van der Waals surface area contributed by atoms with Gasteiger partial charge in [-0.2, -0.15) is 0 Å². The van der Waals surface area contributed by atoms with E-state index >= 15 is 0 Å². The van der Waals surface area contributed by atoms with Gasteiger partial charge in [0.1, 0.15) is 0 Å². The first-order chi connectivity index (χ1) is 9.01. The lowest BCUT2D eigenvalue weighted by Gasteiger charge is -2.18. The topological polar surface area (TPSA) is 54.2 Å². The summed E-state index contributed by atoms with van der Waals surface area (Å²) in [4.78, 5) is 2.27. The Bertz CT molecular complexity index is 425. The van der Waals surface area contributed by atoms with Gasteiger partial charge in [-0.15, -0.1) is 5.10 Å². The van der Waals surface area contributed by atoms with Gasteiger partial charge in [0, 0.05) is 18.6 Å². The zero-order valence-electron chi connectivity index (χ0n) is 12.1. The Morgan fingerprint density at radius 3 is 2.53 bits per heavy atom. The van der Waals surface area contributed by atoms with E-state index in [1.807, 2.05) is 0 Å². The van der Waals surface area contributed by atoms with Gasteiger partial charge in [0.15, 0.2) is 0 Å². The van der Waals surface area contributed by atoms with Gasteiger partial charge in [-0.3, -0.25) is 0 Å². The minimum atomic E-state index is 0.0688. The fraction of sp³-hybridized carbons (Fsp3) is 0.857. The summed E-state index contributed by atoms with van der Waals surface area (Å²) in [6.07, 6.45) is 4.13. The fourth-order valence-corrected chi connectivity index (χ4v) is 3.18. The van der Waals surface area contributed by atoms with Gasteiger partial charge in [-0.05, 0) is 45.4 Å². The molecular weight excluding hydrogens is 240 g/mol. The summed E-state index contributed by atoms with van der Waals surface area (Å²) >= 11 is 0. The largest absolute Gasteiger partial charge is 0.407 e. The molecule has 2 fully saturated rings. The van der Waals surface area contributed by atoms with Crippen LogP contribution in [0.5, 0.6) is 0 Å². The Morgan fingerprint density at radius 2 is 1.89 bits per heavy atom. The van der Waals surface area contributed by atoms with Crippen molar-refractivity contribution in [3.8, 4) is 0 Å². The molecule has 0 aromatic carbocycles. The van der Waals surface area contributed by atoms with Gasteiger partial charge >= 0.3 is 6.01 Å². The van der Waals surface area contributed by atoms with Gasteiger partial charge < -0.3 is 14.6 Å². The number of anilines is 1. The van der Waals surface area contributed by atoms with Crippen LogP contribution >= 0.6 is 0 Å². The number of nitrogens with zero attached hydrogens (tertiary/aromatic N) is 3. The van der Waals surface area contributed by atoms with Crippen LogP contribution in [0.4, 0.5) is 6.01 Å². The molecule has 1 aromatic rings. The maximum Gasteiger partial charge on any atom is 0.318 e. The average molecular weight is 264 g/mol. The van der Waals surface area contributed by atoms with Gasteiger partial charge in [0.05, 0.1) is 6.54 Å². The van der Waals surface area contributed by atoms with E-state index in [0.717, 1.165) is 24.9 Å². The molecule has 0 bridgehead atoms.